The first kappa shape index (κ1) is 13.0. The van der Waals surface area contributed by atoms with E-state index in [0.717, 1.165) is 31.5 Å². The Morgan fingerprint density at radius 1 is 1.39 bits per heavy atom. The number of benzene rings is 1. The fourth-order valence-electron chi connectivity index (χ4n) is 2.52. The summed E-state index contributed by atoms with van der Waals surface area (Å²) in [6.45, 7) is 1.60. The van der Waals surface area contributed by atoms with Crippen molar-refractivity contribution in [3.8, 4) is 0 Å². The number of hydrogen-bond donors (Lipinski definition) is 3. The molecule has 1 aliphatic rings. The van der Waals surface area contributed by atoms with Gasteiger partial charge < -0.3 is 5.73 Å². The molecule has 0 spiro atoms. The van der Waals surface area contributed by atoms with Crippen LogP contribution in [0.2, 0.25) is 0 Å². The third-order valence-corrected chi connectivity index (χ3v) is 3.36. The molecule has 0 radical (unpaired) electrons. The van der Waals surface area contributed by atoms with Crippen molar-refractivity contribution in [1.82, 2.24) is 10.3 Å². The van der Waals surface area contributed by atoms with Crippen molar-refractivity contribution in [2.24, 2.45) is 11.6 Å². The standard InChI is InChI=1S/C13H20N4O/c14-11-7-4-8-17(9-11)12(13(18)16-15)10-5-2-1-3-6-10/h1-3,5-6,11-12H,4,7-9,14-15H2,(H,16,18). The number of nitrogens with two attached hydrogens (primary N) is 2. The van der Waals surface area contributed by atoms with E-state index in [2.05, 4.69) is 10.3 Å². The molecule has 2 unspecified atom stereocenters. The zero-order valence-corrected chi connectivity index (χ0v) is 10.4. The van der Waals surface area contributed by atoms with E-state index >= 15 is 0 Å². The van der Waals surface area contributed by atoms with Crippen molar-refractivity contribution < 1.29 is 4.79 Å². The highest BCUT2D eigenvalue weighted by Crippen LogP contribution is 2.24. The summed E-state index contributed by atoms with van der Waals surface area (Å²) in [5.74, 6) is 5.11. The lowest BCUT2D eigenvalue weighted by atomic mass is 9.99. The summed E-state index contributed by atoms with van der Waals surface area (Å²) in [5.41, 5.74) is 9.19. The molecule has 0 saturated carbocycles. The van der Waals surface area contributed by atoms with Gasteiger partial charge in [-0.15, -0.1) is 0 Å². The van der Waals surface area contributed by atoms with Crippen LogP contribution in [0.15, 0.2) is 30.3 Å². The van der Waals surface area contributed by atoms with E-state index in [1.165, 1.54) is 0 Å². The van der Waals surface area contributed by atoms with Crippen molar-refractivity contribution >= 4 is 5.91 Å². The van der Waals surface area contributed by atoms with Crippen molar-refractivity contribution in [1.29, 1.82) is 0 Å². The summed E-state index contributed by atoms with van der Waals surface area (Å²) in [6, 6.07) is 9.47. The van der Waals surface area contributed by atoms with Gasteiger partial charge in [-0.25, -0.2) is 5.84 Å². The van der Waals surface area contributed by atoms with E-state index in [1.54, 1.807) is 0 Å². The van der Waals surface area contributed by atoms with Crippen LogP contribution in [0.4, 0.5) is 0 Å². The van der Waals surface area contributed by atoms with Crippen LogP contribution >= 0.6 is 0 Å². The van der Waals surface area contributed by atoms with Gasteiger partial charge in [0.1, 0.15) is 6.04 Å². The minimum Gasteiger partial charge on any atom is -0.327 e. The molecule has 1 aromatic rings. The minimum absolute atomic E-state index is 0.135. The number of amides is 1. The molecule has 2 rings (SSSR count). The zero-order chi connectivity index (χ0) is 13.0. The largest absolute Gasteiger partial charge is 0.327 e. The van der Waals surface area contributed by atoms with Gasteiger partial charge in [-0.05, 0) is 24.9 Å². The third-order valence-electron chi connectivity index (χ3n) is 3.36. The van der Waals surface area contributed by atoms with Crippen LogP contribution in [-0.4, -0.2) is 29.9 Å². The van der Waals surface area contributed by atoms with Crippen molar-refractivity contribution in [2.45, 2.75) is 24.9 Å². The summed E-state index contributed by atoms with van der Waals surface area (Å²) in [6.07, 6.45) is 2.03. The van der Waals surface area contributed by atoms with E-state index < -0.39 is 0 Å². The van der Waals surface area contributed by atoms with Crippen molar-refractivity contribution in [3.05, 3.63) is 35.9 Å². The van der Waals surface area contributed by atoms with Gasteiger partial charge in [0.15, 0.2) is 0 Å². The van der Waals surface area contributed by atoms with Crippen LogP contribution in [0.1, 0.15) is 24.4 Å². The van der Waals surface area contributed by atoms with Gasteiger partial charge in [-0.1, -0.05) is 30.3 Å². The molecule has 18 heavy (non-hydrogen) atoms. The van der Waals surface area contributed by atoms with Gasteiger partial charge >= 0.3 is 0 Å². The molecule has 1 amide bonds. The fraction of sp³-hybridized carbons (Fsp3) is 0.462. The van der Waals surface area contributed by atoms with Gasteiger partial charge in [-0.3, -0.25) is 15.1 Å². The molecule has 5 nitrogen and oxygen atoms in total. The average Bonchev–Trinajstić information content (AvgIpc) is 2.40. The highest BCUT2D eigenvalue weighted by Gasteiger charge is 2.30. The lowest BCUT2D eigenvalue weighted by Crippen LogP contribution is -2.50. The Balaban J connectivity index is 2.22. The maximum Gasteiger partial charge on any atom is 0.255 e. The average molecular weight is 248 g/mol. The number of carbonyl (C=O) groups excluding carboxylic acids is 1. The van der Waals surface area contributed by atoms with Crippen LogP contribution in [0.3, 0.4) is 0 Å². The summed E-state index contributed by atoms with van der Waals surface area (Å²) >= 11 is 0. The second kappa shape index (κ2) is 5.95. The topological polar surface area (TPSA) is 84.4 Å². The molecule has 0 aliphatic carbocycles. The number of carbonyl (C=O) groups is 1. The number of nitrogens with zero attached hydrogens (tertiary/aromatic N) is 1. The van der Waals surface area contributed by atoms with Crippen LogP contribution in [0.25, 0.3) is 0 Å². The molecular weight excluding hydrogens is 228 g/mol. The molecule has 98 valence electrons. The molecule has 1 aromatic carbocycles. The Labute approximate surface area is 107 Å². The number of piperidine rings is 1. The first-order valence-electron chi connectivity index (χ1n) is 6.27. The zero-order valence-electron chi connectivity index (χ0n) is 10.4. The SMILES string of the molecule is NNC(=O)C(c1ccccc1)N1CCCC(N)C1. The summed E-state index contributed by atoms with van der Waals surface area (Å²) < 4.78 is 0. The van der Waals surface area contributed by atoms with Gasteiger partial charge in [-0.2, -0.15) is 0 Å². The second-order valence-corrected chi connectivity index (χ2v) is 4.72. The van der Waals surface area contributed by atoms with Gasteiger partial charge in [0.2, 0.25) is 0 Å². The van der Waals surface area contributed by atoms with Crippen LogP contribution in [0.5, 0.6) is 0 Å². The number of nitrogens with one attached hydrogen (secondary N) is 1. The van der Waals surface area contributed by atoms with Crippen LogP contribution in [-0.2, 0) is 4.79 Å². The number of hydrazine groups is 1. The van der Waals surface area contributed by atoms with Gasteiger partial charge in [0.05, 0.1) is 0 Å². The molecule has 2 atom stereocenters. The van der Waals surface area contributed by atoms with E-state index in [-0.39, 0.29) is 18.0 Å². The predicted molar refractivity (Wildman–Crippen MR) is 70.3 cm³/mol. The van der Waals surface area contributed by atoms with E-state index in [9.17, 15) is 4.79 Å². The first-order valence-corrected chi connectivity index (χ1v) is 6.27. The molecule has 0 bridgehead atoms. The molecule has 1 heterocycles. The normalized spacial score (nSPS) is 22.4. The molecule has 1 fully saturated rings. The quantitative estimate of drug-likeness (QED) is 0.403. The monoisotopic (exact) mass is 248 g/mol. The van der Waals surface area contributed by atoms with Gasteiger partial charge in [0, 0.05) is 12.6 Å². The predicted octanol–water partition coefficient (Wildman–Crippen LogP) is 0.141. The molecule has 1 saturated heterocycles. The Bertz CT molecular complexity index is 395. The van der Waals surface area contributed by atoms with Crippen molar-refractivity contribution in [2.75, 3.05) is 13.1 Å². The number of rotatable bonds is 3. The molecule has 0 aromatic heterocycles. The maximum absolute atomic E-state index is 12.0. The second-order valence-electron chi connectivity index (χ2n) is 4.72. The smallest absolute Gasteiger partial charge is 0.255 e. The van der Waals surface area contributed by atoms with E-state index in [4.69, 9.17) is 11.6 Å². The number of likely N-dealkylation sites (tertiary alicyclic amines) is 1. The summed E-state index contributed by atoms with van der Waals surface area (Å²) in [5, 5.41) is 0. The Morgan fingerprint density at radius 3 is 2.72 bits per heavy atom. The van der Waals surface area contributed by atoms with Gasteiger partial charge in [0.25, 0.3) is 5.91 Å². The molecule has 5 heteroatoms. The lowest BCUT2D eigenvalue weighted by Gasteiger charge is -2.36. The lowest BCUT2D eigenvalue weighted by molar-refractivity contribution is -0.127. The Kier molecular flexibility index (Phi) is 4.30. The molecular formula is C13H20N4O. The van der Waals surface area contributed by atoms with E-state index in [1.807, 2.05) is 30.3 Å². The Hall–Kier alpha value is -1.43. The molecule has 5 N–H and O–H groups in total. The van der Waals surface area contributed by atoms with Crippen molar-refractivity contribution in [3.63, 3.8) is 0 Å². The number of hydrogen-bond acceptors (Lipinski definition) is 4. The van der Waals surface area contributed by atoms with Crippen LogP contribution in [0, 0.1) is 0 Å². The molecule has 1 aliphatic heterocycles. The fourth-order valence-corrected chi connectivity index (χ4v) is 2.52. The highest BCUT2D eigenvalue weighted by atomic mass is 16.2. The highest BCUT2D eigenvalue weighted by molar-refractivity contribution is 5.82. The third kappa shape index (κ3) is 2.87. The van der Waals surface area contributed by atoms with Crippen LogP contribution < -0.4 is 17.0 Å². The first-order chi connectivity index (χ1) is 8.72. The van der Waals surface area contributed by atoms with E-state index in [0.29, 0.717) is 0 Å². The minimum atomic E-state index is -0.345. The maximum atomic E-state index is 12.0. The summed E-state index contributed by atoms with van der Waals surface area (Å²) in [4.78, 5) is 14.1. The Morgan fingerprint density at radius 2 is 2.11 bits per heavy atom. The summed E-state index contributed by atoms with van der Waals surface area (Å²) in [7, 11) is 0.